The summed E-state index contributed by atoms with van der Waals surface area (Å²) < 4.78 is 1.60. The number of rotatable bonds is 2. The van der Waals surface area contributed by atoms with E-state index in [0.717, 1.165) is 29.1 Å². The summed E-state index contributed by atoms with van der Waals surface area (Å²) in [7, 11) is 0. The van der Waals surface area contributed by atoms with Crippen LogP contribution in [0.25, 0.3) is 17.0 Å². The zero-order chi connectivity index (χ0) is 13.4. The van der Waals surface area contributed by atoms with Crippen LogP contribution in [0, 0.1) is 6.92 Å². The van der Waals surface area contributed by atoms with Crippen LogP contribution in [0.4, 0.5) is 0 Å². The molecule has 19 heavy (non-hydrogen) atoms. The molecule has 96 valence electrons. The van der Waals surface area contributed by atoms with E-state index >= 15 is 0 Å². The second kappa shape index (κ2) is 4.63. The van der Waals surface area contributed by atoms with E-state index in [1.807, 2.05) is 44.2 Å². The van der Waals surface area contributed by atoms with Gasteiger partial charge in [-0.15, -0.1) is 5.10 Å². The van der Waals surface area contributed by atoms with Crippen LogP contribution in [0.5, 0.6) is 0 Å². The zero-order valence-electron chi connectivity index (χ0n) is 10.8. The molecule has 2 aromatic heterocycles. The van der Waals surface area contributed by atoms with Crippen molar-refractivity contribution in [1.82, 2.24) is 19.6 Å². The third-order valence-corrected chi connectivity index (χ3v) is 3.50. The van der Waals surface area contributed by atoms with Crippen molar-refractivity contribution in [3.05, 3.63) is 46.9 Å². The molecular weight excluding hydrogens is 260 g/mol. The van der Waals surface area contributed by atoms with Crippen molar-refractivity contribution in [3.63, 3.8) is 0 Å². The van der Waals surface area contributed by atoms with Gasteiger partial charge in [0.05, 0.1) is 5.69 Å². The molecule has 0 saturated carbocycles. The molecule has 0 atom stereocenters. The third kappa shape index (κ3) is 1.98. The molecule has 0 saturated heterocycles. The van der Waals surface area contributed by atoms with Crippen molar-refractivity contribution < 1.29 is 0 Å². The number of benzene rings is 1. The van der Waals surface area contributed by atoms with E-state index in [9.17, 15) is 0 Å². The number of halogens is 1. The van der Waals surface area contributed by atoms with Crippen LogP contribution in [-0.4, -0.2) is 19.6 Å². The summed E-state index contributed by atoms with van der Waals surface area (Å²) in [6.45, 7) is 3.96. The highest BCUT2D eigenvalue weighted by Crippen LogP contribution is 2.27. The van der Waals surface area contributed by atoms with Gasteiger partial charge in [0, 0.05) is 17.5 Å². The number of hydrogen-bond donors (Lipinski definition) is 0. The molecule has 0 bridgehead atoms. The largest absolute Gasteiger partial charge is 0.254 e. The van der Waals surface area contributed by atoms with Gasteiger partial charge in [-0.25, -0.2) is 4.98 Å². The lowest BCUT2D eigenvalue weighted by Crippen LogP contribution is -1.99. The molecule has 0 N–H and O–H groups in total. The maximum atomic E-state index is 6.37. The topological polar surface area (TPSA) is 43.1 Å². The molecule has 2 heterocycles. The van der Waals surface area contributed by atoms with Gasteiger partial charge in [0.2, 0.25) is 0 Å². The van der Waals surface area contributed by atoms with Gasteiger partial charge in [-0.05, 0) is 6.92 Å². The number of hydrogen-bond acceptors (Lipinski definition) is 3. The first-order valence-electron chi connectivity index (χ1n) is 6.18. The van der Waals surface area contributed by atoms with E-state index in [4.69, 9.17) is 11.6 Å². The normalized spacial score (nSPS) is 11.1. The maximum absolute atomic E-state index is 6.37. The van der Waals surface area contributed by atoms with Crippen molar-refractivity contribution in [2.45, 2.75) is 20.3 Å². The van der Waals surface area contributed by atoms with Crippen LogP contribution in [0.15, 0.2) is 30.3 Å². The molecule has 1 aromatic carbocycles. The Kier molecular flexibility index (Phi) is 2.95. The summed E-state index contributed by atoms with van der Waals surface area (Å²) in [5.41, 5.74) is 2.80. The minimum atomic E-state index is 0.548. The van der Waals surface area contributed by atoms with Gasteiger partial charge in [-0.1, -0.05) is 48.9 Å². The lowest BCUT2D eigenvalue weighted by molar-refractivity contribution is 0.875. The summed E-state index contributed by atoms with van der Waals surface area (Å²) in [5, 5.41) is 4.90. The van der Waals surface area contributed by atoms with Crippen molar-refractivity contribution >= 4 is 17.4 Å². The van der Waals surface area contributed by atoms with Crippen molar-refractivity contribution in [2.75, 3.05) is 0 Å². The minimum Gasteiger partial charge on any atom is -0.211 e. The molecule has 5 heteroatoms. The Balaban J connectivity index is 2.29. The standard InChI is InChI=1S/C14H13ClN4/c1-3-11-16-14-17-12(10-7-5-4-6-8-10)9(2)13(15)19(14)18-11/h4-8H,3H2,1-2H3. The van der Waals surface area contributed by atoms with Crippen LogP contribution in [-0.2, 0) is 6.42 Å². The predicted octanol–water partition coefficient (Wildman–Crippen LogP) is 3.32. The molecule has 0 radical (unpaired) electrons. The Labute approximate surface area is 116 Å². The second-order valence-corrected chi connectivity index (χ2v) is 4.69. The first-order chi connectivity index (χ1) is 9.20. The van der Waals surface area contributed by atoms with E-state index in [1.165, 1.54) is 0 Å². The fraction of sp³-hybridized carbons (Fsp3) is 0.214. The van der Waals surface area contributed by atoms with Crippen molar-refractivity contribution in [3.8, 4) is 11.3 Å². The number of nitrogens with zero attached hydrogens (tertiary/aromatic N) is 4. The van der Waals surface area contributed by atoms with Crippen LogP contribution in [0.3, 0.4) is 0 Å². The third-order valence-electron chi connectivity index (χ3n) is 3.06. The molecular formula is C14H13ClN4. The Morgan fingerprint density at radius 3 is 2.58 bits per heavy atom. The lowest BCUT2D eigenvalue weighted by atomic mass is 10.1. The highest BCUT2D eigenvalue weighted by Gasteiger charge is 2.14. The molecule has 0 aliphatic rings. The lowest BCUT2D eigenvalue weighted by Gasteiger charge is -2.07. The smallest absolute Gasteiger partial charge is 0.211 e. The number of fused-ring (bicyclic) bond motifs is 1. The van der Waals surface area contributed by atoms with Gasteiger partial charge >= 0.3 is 0 Å². The highest BCUT2D eigenvalue weighted by molar-refractivity contribution is 6.30. The van der Waals surface area contributed by atoms with E-state index in [0.29, 0.717) is 10.9 Å². The number of aromatic nitrogens is 4. The monoisotopic (exact) mass is 272 g/mol. The molecule has 4 nitrogen and oxygen atoms in total. The van der Waals surface area contributed by atoms with Crippen LogP contribution in [0.2, 0.25) is 5.15 Å². The minimum absolute atomic E-state index is 0.548. The summed E-state index contributed by atoms with van der Waals surface area (Å²) in [4.78, 5) is 8.95. The van der Waals surface area contributed by atoms with Crippen molar-refractivity contribution in [2.24, 2.45) is 0 Å². The van der Waals surface area contributed by atoms with Gasteiger partial charge < -0.3 is 0 Å². The average Bonchev–Trinajstić information content (AvgIpc) is 2.87. The van der Waals surface area contributed by atoms with Gasteiger partial charge in [0.1, 0.15) is 5.15 Å². The Hall–Kier alpha value is -1.94. The van der Waals surface area contributed by atoms with Gasteiger partial charge in [0.15, 0.2) is 5.82 Å². The Morgan fingerprint density at radius 1 is 1.16 bits per heavy atom. The number of aryl methyl sites for hydroxylation is 1. The summed E-state index contributed by atoms with van der Waals surface area (Å²) in [6.07, 6.45) is 0.763. The highest BCUT2D eigenvalue weighted by atomic mass is 35.5. The molecule has 0 spiro atoms. The molecule has 0 aliphatic carbocycles. The summed E-state index contributed by atoms with van der Waals surface area (Å²) >= 11 is 6.37. The van der Waals surface area contributed by atoms with Gasteiger partial charge in [0.25, 0.3) is 5.78 Å². The average molecular weight is 273 g/mol. The second-order valence-electron chi connectivity index (χ2n) is 4.34. The Bertz CT molecular complexity index is 734. The van der Waals surface area contributed by atoms with E-state index in [-0.39, 0.29) is 0 Å². The molecule has 0 fully saturated rings. The van der Waals surface area contributed by atoms with E-state index in [1.54, 1.807) is 4.52 Å². The van der Waals surface area contributed by atoms with Crippen LogP contribution < -0.4 is 0 Å². The summed E-state index contributed by atoms with van der Waals surface area (Å²) in [6, 6.07) is 9.97. The first-order valence-corrected chi connectivity index (χ1v) is 6.55. The molecule has 3 rings (SSSR count). The predicted molar refractivity (Wildman–Crippen MR) is 75.3 cm³/mol. The van der Waals surface area contributed by atoms with Crippen molar-refractivity contribution in [1.29, 1.82) is 0 Å². The van der Waals surface area contributed by atoms with Gasteiger partial charge in [-0.3, -0.25) is 0 Å². The van der Waals surface area contributed by atoms with Crippen LogP contribution >= 0.6 is 11.6 Å². The molecule has 3 aromatic rings. The van der Waals surface area contributed by atoms with Gasteiger partial charge in [-0.2, -0.15) is 9.50 Å². The first kappa shape index (κ1) is 12.1. The fourth-order valence-corrected chi connectivity index (χ4v) is 2.22. The zero-order valence-corrected chi connectivity index (χ0v) is 11.5. The van der Waals surface area contributed by atoms with Crippen LogP contribution in [0.1, 0.15) is 18.3 Å². The maximum Gasteiger partial charge on any atom is 0.254 e. The molecule has 0 unspecified atom stereocenters. The van der Waals surface area contributed by atoms with E-state index < -0.39 is 0 Å². The Morgan fingerprint density at radius 2 is 1.89 bits per heavy atom. The molecule has 0 amide bonds. The molecule has 0 aliphatic heterocycles. The summed E-state index contributed by atoms with van der Waals surface area (Å²) in [5.74, 6) is 1.30. The quantitative estimate of drug-likeness (QED) is 0.672. The fourth-order valence-electron chi connectivity index (χ4n) is 2.02. The van der Waals surface area contributed by atoms with E-state index in [2.05, 4.69) is 15.1 Å². The SMILES string of the molecule is CCc1nc2nc(-c3ccccc3)c(C)c(Cl)n2n1.